The predicted molar refractivity (Wildman–Crippen MR) is 140 cm³/mol. The Labute approximate surface area is 205 Å². The minimum Gasteiger partial charge on any atom is -0.355 e. The Kier molecular flexibility index (Phi) is 13.7. The molecule has 8 heteroatoms. The number of likely N-dealkylation sites (N-methyl/N-ethyl adjacent to an activating group) is 1. The van der Waals surface area contributed by atoms with Crippen LogP contribution in [0, 0.1) is 0 Å². The Balaban J connectivity index is 0.00000480. The maximum absolute atomic E-state index is 11.9. The van der Waals surface area contributed by atoms with E-state index in [0.717, 1.165) is 57.9 Å². The van der Waals surface area contributed by atoms with Crippen molar-refractivity contribution in [3.8, 4) is 0 Å². The first-order valence-electron chi connectivity index (χ1n) is 11.2. The van der Waals surface area contributed by atoms with Gasteiger partial charge in [0.05, 0.1) is 6.54 Å². The summed E-state index contributed by atoms with van der Waals surface area (Å²) in [6, 6.07) is 11.3. The lowest BCUT2D eigenvalue weighted by molar-refractivity contribution is -0.122. The molecule has 7 nitrogen and oxygen atoms in total. The Morgan fingerprint density at radius 3 is 2.52 bits per heavy atom. The molecule has 0 aliphatic carbocycles. The minimum absolute atomic E-state index is 0. The number of nitrogens with one attached hydrogen (secondary N) is 3. The average Bonchev–Trinajstić information content (AvgIpc) is 2.76. The van der Waals surface area contributed by atoms with E-state index in [1.807, 2.05) is 7.05 Å². The maximum Gasteiger partial charge on any atom is 0.234 e. The number of nitrogens with zero attached hydrogens (tertiary/aromatic N) is 3. The highest BCUT2D eigenvalue weighted by Gasteiger charge is 2.21. The van der Waals surface area contributed by atoms with E-state index >= 15 is 0 Å². The summed E-state index contributed by atoms with van der Waals surface area (Å²) in [6.45, 7) is 9.20. The van der Waals surface area contributed by atoms with Gasteiger partial charge in [0.25, 0.3) is 0 Å². The second kappa shape index (κ2) is 15.4. The number of halogens is 1. The maximum atomic E-state index is 11.9. The molecule has 1 amide bonds. The van der Waals surface area contributed by atoms with Gasteiger partial charge in [-0.1, -0.05) is 37.3 Å². The second-order valence-electron chi connectivity index (χ2n) is 8.25. The van der Waals surface area contributed by atoms with Crippen molar-refractivity contribution in [2.75, 3.05) is 46.8 Å². The third-order valence-electron chi connectivity index (χ3n) is 5.68. The van der Waals surface area contributed by atoms with Crippen LogP contribution in [0.5, 0.6) is 0 Å². The van der Waals surface area contributed by atoms with Crippen LogP contribution in [-0.2, 0) is 11.3 Å². The van der Waals surface area contributed by atoms with Gasteiger partial charge in [0, 0.05) is 51.9 Å². The van der Waals surface area contributed by atoms with E-state index in [2.05, 4.69) is 82.0 Å². The second-order valence-corrected chi connectivity index (χ2v) is 8.25. The summed E-state index contributed by atoms with van der Waals surface area (Å²) in [5, 5.41) is 9.97. The number of hydrogen-bond donors (Lipinski definition) is 3. The van der Waals surface area contributed by atoms with Crippen LogP contribution in [0.25, 0.3) is 0 Å². The SMILES string of the molecule is CCCNC(=O)CN1CCC(NC(=NC)NCC(C)N(C)Cc2ccccc2)CC1.I. The lowest BCUT2D eigenvalue weighted by atomic mass is 10.1. The van der Waals surface area contributed by atoms with Gasteiger partial charge in [0.2, 0.25) is 5.91 Å². The van der Waals surface area contributed by atoms with E-state index in [0.29, 0.717) is 18.6 Å². The highest BCUT2D eigenvalue weighted by Crippen LogP contribution is 2.10. The van der Waals surface area contributed by atoms with Crippen molar-refractivity contribution in [1.82, 2.24) is 25.8 Å². The first-order valence-corrected chi connectivity index (χ1v) is 11.2. The monoisotopic (exact) mass is 544 g/mol. The molecule has 1 atom stereocenters. The number of carbonyl (C=O) groups is 1. The predicted octanol–water partition coefficient (Wildman–Crippen LogP) is 2.28. The Hall–Kier alpha value is -1.39. The largest absolute Gasteiger partial charge is 0.355 e. The number of likely N-dealkylation sites (tertiary alicyclic amines) is 1. The number of rotatable bonds is 10. The van der Waals surface area contributed by atoms with Gasteiger partial charge in [0.15, 0.2) is 5.96 Å². The first kappa shape index (κ1) is 27.6. The van der Waals surface area contributed by atoms with Crippen molar-refractivity contribution >= 4 is 35.8 Å². The number of aliphatic imine (C=N–C) groups is 1. The molecule has 2 rings (SSSR count). The third kappa shape index (κ3) is 10.7. The van der Waals surface area contributed by atoms with Gasteiger partial charge in [-0.3, -0.25) is 19.6 Å². The van der Waals surface area contributed by atoms with Crippen LogP contribution >= 0.6 is 24.0 Å². The van der Waals surface area contributed by atoms with Crippen molar-refractivity contribution in [3.05, 3.63) is 35.9 Å². The molecule has 0 bridgehead atoms. The molecule has 31 heavy (non-hydrogen) atoms. The Morgan fingerprint density at radius 1 is 1.23 bits per heavy atom. The number of benzene rings is 1. The fraction of sp³-hybridized carbons (Fsp3) is 0.652. The fourth-order valence-corrected chi connectivity index (χ4v) is 3.57. The van der Waals surface area contributed by atoms with E-state index in [1.54, 1.807) is 0 Å². The zero-order chi connectivity index (χ0) is 21.8. The highest BCUT2D eigenvalue weighted by molar-refractivity contribution is 14.0. The van der Waals surface area contributed by atoms with Crippen LogP contribution in [0.1, 0.15) is 38.7 Å². The molecule has 0 spiro atoms. The number of hydrogen-bond acceptors (Lipinski definition) is 4. The Bertz CT molecular complexity index is 649. The Morgan fingerprint density at radius 2 is 1.90 bits per heavy atom. The molecule has 1 aromatic rings. The number of piperidine rings is 1. The number of carbonyl (C=O) groups excluding carboxylic acids is 1. The van der Waals surface area contributed by atoms with Crippen LogP contribution in [0.2, 0.25) is 0 Å². The van der Waals surface area contributed by atoms with Crippen LogP contribution in [0.3, 0.4) is 0 Å². The number of amides is 1. The molecule has 1 aliphatic heterocycles. The standard InChI is InChI=1S/C23H40N6O.HI/c1-5-13-25-22(30)18-29-14-11-21(12-15-29)27-23(24-3)26-16-19(2)28(4)17-20-9-7-6-8-10-20;/h6-10,19,21H,5,11-18H2,1-4H3,(H,25,30)(H2,24,26,27);1H. The van der Waals surface area contributed by atoms with Crippen LogP contribution in [0.4, 0.5) is 0 Å². The molecule has 3 N–H and O–H groups in total. The summed E-state index contributed by atoms with van der Waals surface area (Å²) >= 11 is 0. The molecule has 1 saturated heterocycles. The highest BCUT2D eigenvalue weighted by atomic mass is 127. The van der Waals surface area contributed by atoms with Crippen LogP contribution < -0.4 is 16.0 Å². The van der Waals surface area contributed by atoms with Crippen molar-refractivity contribution < 1.29 is 4.79 Å². The summed E-state index contributed by atoms with van der Waals surface area (Å²) in [5.41, 5.74) is 1.32. The molecule has 1 unspecified atom stereocenters. The molecule has 0 radical (unpaired) electrons. The van der Waals surface area contributed by atoms with Gasteiger partial charge in [0.1, 0.15) is 0 Å². The summed E-state index contributed by atoms with van der Waals surface area (Å²) in [7, 11) is 3.97. The molecular formula is C23H41IN6O. The van der Waals surface area contributed by atoms with Gasteiger partial charge in [-0.15, -0.1) is 24.0 Å². The van der Waals surface area contributed by atoms with E-state index in [1.165, 1.54) is 5.56 Å². The zero-order valence-electron chi connectivity index (χ0n) is 19.6. The van der Waals surface area contributed by atoms with E-state index in [4.69, 9.17) is 0 Å². The number of guanidine groups is 1. The molecule has 0 saturated carbocycles. The van der Waals surface area contributed by atoms with E-state index < -0.39 is 0 Å². The van der Waals surface area contributed by atoms with Crippen molar-refractivity contribution in [3.63, 3.8) is 0 Å². The topological polar surface area (TPSA) is 72.0 Å². The lowest BCUT2D eigenvalue weighted by Crippen LogP contribution is -2.51. The van der Waals surface area contributed by atoms with Gasteiger partial charge in [-0.25, -0.2) is 0 Å². The van der Waals surface area contributed by atoms with Crippen molar-refractivity contribution in [1.29, 1.82) is 0 Å². The zero-order valence-corrected chi connectivity index (χ0v) is 21.9. The van der Waals surface area contributed by atoms with Gasteiger partial charge in [-0.2, -0.15) is 0 Å². The minimum atomic E-state index is 0. The molecule has 1 fully saturated rings. The van der Waals surface area contributed by atoms with Crippen LogP contribution in [0.15, 0.2) is 35.3 Å². The third-order valence-corrected chi connectivity index (χ3v) is 5.68. The molecule has 0 aromatic heterocycles. The van der Waals surface area contributed by atoms with Gasteiger partial charge >= 0.3 is 0 Å². The van der Waals surface area contributed by atoms with Gasteiger partial charge in [-0.05, 0) is 38.8 Å². The summed E-state index contributed by atoms with van der Waals surface area (Å²) in [4.78, 5) is 20.9. The van der Waals surface area contributed by atoms with Crippen molar-refractivity contribution in [2.45, 2.75) is 51.7 Å². The molecule has 1 aliphatic rings. The van der Waals surface area contributed by atoms with Crippen molar-refractivity contribution in [2.24, 2.45) is 4.99 Å². The van der Waals surface area contributed by atoms with E-state index in [-0.39, 0.29) is 29.9 Å². The molecule has 1 heterocycles. The molecule has 176 valence electrons. The molecular weight excluding hydrogens is 503 g/mol. The molecule has 1 aromatic carbocycles. The summed E-state index contributed by atoms with van der Waals surface area (Å²) < 4.78 is 0. The van der Waals surface area contributed by atoms with Gasteiger partial charge < -0.3 is 16.0 Å². The quantitative estimate of drug-likeness (QED) is 0.240. The first-order chi connectivity index (χ1) is 14.5. The smallest absolute Gasteiger partial charge is 0.234 e. The summed E-state index contributed by atoms with van der Waals surface area (Å²) in [5.74, 6) is 0.989. The lowest BCUT2D eigenvalue weighted by Gasteiger charge is -2.33. The van der Waals surface area contributed by atoms with E-state index in [9.17, 15) is 4.79 Å². The summed E-state index contributed by atoms with van der Waals surface area (Å²) in [6.07, 6.45) is 3.01. The van der Waals surface area contributed by atoms with Crippen LogP contribution in [-0.4, -0.2) is 80.6 Å². The normalized spacial score (nSPS) is 16.5. The fourth-order valence-electron chi connectivity index (χ4n) is 3.57. The average molecular weight is 545 g/mol.